The normalized spacial score (nSPS) is 17.2. The minimum absolute atomic E-state index is 0.299. The summed E-state index contributed by atoms with van der Waals surface area (Å²) in [5, 5.41) is 0. The maximum absolute atomic E-state index is 11.8. The van der Waals surface area contributed by atoms with Gasteiger partial charge in [0.25, 0.3) is 10.2 Å². The number of nitrogens with one attached hydrogen (secondary N) is 2. The van der Waals surface area contributed by atoms with Crippen LogP contribution in [-0.2, 0) is 21.5 Å². The summed E-state index contributed by atoms with van der Waals surface area (Å²) in [7, 11) is -3.44. The van der Waals surface area contributed by atoms with E-state index in [1.54, 1.807) is 0 Å². The van der Waals surface area contributed by atoms with Gasteiger partial charge in [-0.1, -0.05) is 30.3 Å². The SMILES string of the molecule is O=S(=O)(NCCN1CCOCC1)NCc1ccccc1. The molecule has 112 valence electrons. The maximum Gasteiger partial charge on any atom is 0.277 e. The standard InChI is InChI=1S/C13H21N3O3S/c17-20(18,15-12-13-4-2-1-3-5-13)14-6-7-16-8-10-19-11-9-16/h1-5,14-15H,6-12H2. The molecular formula is C13H21N3O3S. The fraction of sp³-hybridized carbons (Fsp3) is 0.538. The highest BCUT2D eigenvalue weighted by atomic mass is 32.2. The Balaban J connectivity index is 1.68. The van der Waals surface area contributed by atoms with Gasteiger partial charge in [-0.2, -0.15) is 13.1 Å². The van der Waals surface area contributed by atoms with Crippen molar-refractivity contribution in [3.05, 3.63) is 35.9 Å². The second-order valence-electron chi connectivity index (χ2n) is 4.66. The number of hydrogen-bond donors (Lipinski definition) is 2. The highest BCUT2D eigenvalue weighted by Gasteiger charge is 2.12. The van der Waals surface area contributed by atoms with Crippen LogP contribution in [0.5, 0.6) is 0 Å². The van der Waals surface area contributed by atoms with Crippen LogP contribution in [0.4, 0.5) is 0 Å². The van der Waals surface area contributed by atoms with Crippen LogP contribution in [-0.4, -0.2) is 52.7 Å². The largest absolute Gasteiger partial charge is 0.379 e. The number of rotatable bonds is 7. The highest BCUT2D eigenvalue weighted by molar-refractivity contribution is 7.87. The van der Waals surface area contributed by atoms with E-state index in [1.165, 1.54) is 0 Å². The lowest BCUT2D eigenvalue weighted by Crippen LogP contribution is -2.43. The summed E-state index contributed by atoms with van der Waals surface area (Å²) in [6, 6.07) is 9.44. The van der Waals surface area contributed by atoms with Crippen molar-refractivity contribution in [3.8, 4) is 0 Å². The number of benzene rings is 1. The zero-order chi connectivity index (χ0) is 14.3. The Hall–Kier alpha value is -0.990. The Kier molecular flexibility index (Phi) is 5.93. The third-order valence-corrected chi connectivity index (χ3v) is 4.24. The van der Waals surface area contributed by atoms with Crippen molar-refractivity contribution in [1.29, 1.82) is 0 Å². The van der Waals surface area contributed by atoms with Crippen molar-refractivity contribution >= 4 is 10.2 Å². The molecule has 0 saturated carbocycles. The maximum atomic E-state index is 11.8. The topological polar surface area (TPSA) is 70.7 Å². The van der Waals surface area contributed by atoms with Crippen LogP contribution in [0.3, 0.4) is 0 Å². The molecule has 1 aliphatic rings. The van der Waals surface area contributed by atoms with E-state index in [2.05, 4.69) is 14.3 Å². The summed E-state index contributed by atoms with van der Waals surface area (Å²) in [5.74, 6) is 0. The summed E-state index contributed by atoms with van der Waals surface area (Å²) in [5.41, 5.74) is 0.936. The summed E-state index contributed by atoms with van der Waals surface area (Å²) in [4.78, 5) is 2.18. The van der Waals surface area contributed by atoms with E-state index in [0.717, 1.165) is 31.9 Å². The van der Waals surface area contributed by atoms with Crippen molar-refractivity contribution in [2.45, 2.75) is 6.54 Å². The Labute approximate surface area is 120 Å². The van der Waals surface area contributed by atoms with E-state index in [0.29, 0.717) is 19.6 Å². The second kappa shape index (κ2) is 7.70. The van der Waals surface area contributed by atoms with Crippen LogP contribution in [0.15, 0.2) is 30.3 Å². The third kappa shape index (κ3) is 5.56. The first kappa shape index (κ1) is 15.4. The molecule has 2 rings (SSSR count). The highest BCUT2D eigenvalue weighted by Crippen LogP contribution is 1.98. The van der Waals surface area contributed by atoms with Crippen molar-refractivity contribution in [1.82, 2.24) is 14.3 Å². The summed E-state index contributed by atoms with van der Waals surface area (Å²) < 4.78 is 33.9. The van der Waals surface area contributed by atoms with Gasteiger partial charge in [0.2, 0.25) is 0 Å². The van der Waals surface area contributed by atoms with Crippen molar-refractivity contribution in [2.24, 2.45) is 0 Å². The average Bonchev–Trinajstić information content (AvgIpc) is 2.47. The first-order valence-electron chi connectivity index (χ1n) is 6.74. The van der Waals surface area contributed by atoms with E-state index in [4.69, 9.17) is 4.74 Å². The Morgan fingerprint density at radius 2 is 1.80 bits per heavy atom. The van der Waals surface area contributed by atoms with E-state index < -0.39 is 10.2 Å². The van der Waals surface area contributed by atoms with Crippen LogP contribution in [0, 0.1) is 0 Å². The van der Waals surface area contributed by atoms with Gasteiger partial charge in [0.1, 0.15) is 0 Å². The van der Waals surface area contributed by atoms with Crippen molar-refractivity contribution < 1.29 is 13.2 Å². The van der Waals surface area contributed by atoms with Gasteiger partial charge >= 0.3 is 0 Å². The molecular weight excluding hydrogens is 278 g/mol. The number of hydrogen-bond acceptors (Lipinski definition) is 4. The van der Waals surface area contributed by atoms with Gasteiger partial charge in [0.05, 0.1) is 13.2 Å². The van der Waals surface area contributed by atoms with Crippen LogP contribution >= 0.6 is 0 Å². The fourth-order valence-electron chi connectivity index (χ4n) is 1.99. The summed E-state index contributed by atoms with van der Waals surface area (Å²) >= 11 is 0. The smallest absolute Gasteiger partial charge is 0.277 e. The van der Waals surface area contributed by atoms with Gasteiger partial charge in [0.15, 0.2) is 0 Å². The molecule has 0 radical (unpaired) electrons. The van der Waals surface area contributed by atoms with E-state index >= 15 is 0 Å². The van der Waals surface area contributed by atoms with Gasteiger partial charge < -0.3 is 4.74 Å². The Bertz CT molecular complexity index is 487. The Morgan fingerprint density at radius 3 is 2.50 bits per heavy atom. The van der Waals surface area contributed by atoms with E-state index in [9.17, 15) is 8.42 Å². The molecule has 0 bridgehead atoms. The predicted octanol–water partition coefficient (Wildman–Crippen LogP) is -0.0572. The first-order valence-corrected chi connectivity index (χ1v) is 8.22. The zero-order valence-electron chi connectivity index (χ0n) is 11.4. The monoisotopic (exact) mass is 299 g/mol. The van der Waals surface area contributed by atoms with E-state index in [-0.39, 0.29) is 0 Å². The summed E-state index contributed by atoms with van der Waals surface area (Å²) in [6.07, 6.45) is 0. The van der Waals surface area contributed by atoms with Crippen LogP contribution in [0.25, 0.3) is 0 Å². The van der Waals surface area contributed by atoms with Crippen LogP contribution in [0.1, 0.15) is 5.56 Å². The first-order chi connectivity index (χ1) is 9.66. The molecule has 2 N–H and O–H groups in total. The average molecular weight is 299 g/mol. The molecule has 0 amide bonds. The lowest BCUT2D eigenvalue weighted by molar-refractivity contribution is 0.0390. The molecule has 7 heteroatoms. The molecule has 1 heterocycles. The van der Waals surface area contributed by atoms with Gasteiger partial charge in [-0.25, -0.2) is 4.72 Å². The van der Waals surface area contributed by atoms with Crippen LogP contribution < -0.4 is 9.44 Å². The fourth-order valence-corrected chi connectivity index (χ4v) is 2.81. The lowest BCUT2D eigenvalue weighted by atomic mass is 10.2. The van der Waals surface area contributed by atoms with Gasteiger partial charge in [-0.05, 0) is 5.56 Å². The molecule has 20 heavy (non-hydrogen) atoms. The minimum Gasteiger partial charge on any atom is -0.379 e. The number of ether oxygens (including phenoxy) is 1. The number of nitrogens with zero attached hydrogens (tertiary/aromatic N) is 1. The molecule has 0 unspecified atom stereocenters. The molecule has 0 aliphatic carbocycles. The molecule has 1 fully saturated rings. The molecule has 1 aromatic carbocycles. The van der Waals surface area contributed by atoms with Gasteiger partial charge in [-0.15, -0.1) is 0 Å². The quantitative estimate of drug-likeness (QED) is 0.740. The molecule has 6 nitrogen and oxygen atoms in total. The van der Waals surface area contributed by atoms with Crippen molar-refractivity contribution in [3.63, 3.8) is 0 Å². The molecule has 0 atom stereocenters. The Morgan fingerprint density at radius 1 is 1.10 bits per heavy atom. The number of morpholine rings is 1. The third-order valence-electron chi connectivity index (χ3n) is 3.13. The van der Waals surface area contributed by atoms with Crippen LogP contribution in [0.2, 0.25) is 0 Å². The summed E-state index contributed by atoms with van der Waals surface area (Å²) in [6.45, 7) is 4.57. The molecule has 1 saturated heterocycles. The second-order valence-corrected chi connectivity index (χ2v) is 6.24. The zero-order valence-corrected chi connectivity index (χ0v) is 12.2. The molecule has 0 aromatic heterocycles. The van der Waals surface area contributed by atoms with Crippen molar-refractivity contribution in [2.75, 3.05) is 39.4 Å². The molecule has 0 spiro atoms. The van der Waals surface area contributed by atoms with Gasteiger partial charge in [0, 0.05) is 32.7 Å². The lowest BCUT2D eigenvalue weighted by Gasteiger charge is -2.26. The van der Waals surface area contributed by atoms with Gasteiger partial charge in [-0.3, -0.25) is 4.90 Å². The minimum atomic E-state index is -3.44. The molecule has 1 aliphatic heterocycles. The van der Waals surface area contributed by atoms with E-state index in [1.807, 2.05) is 30.3 Å². The predicted molar refractivity (Wildman–Crippen MR) is 77.5 cm³/mol. The molecule has 1 aromatic rings.